The van der Waals surface area contributed by atoms with E-state index in [-0.39, 0.29) is 5.91 Å². The molecular formula is C16H11N3O. The first-order chi connectivity index (χ1) is 9.81. The molecular weight excluding hydrogens is 250 g/mol. The van der Waals surface area contributed by atoms with Gasteiger partial charge >= 0.3 is 0 Å². The number of nitrogens with zero attached hydrogens (tertiary/aromatic N) is 3. The molecule has 4 heteroatoms. The van der Waals surface area contributed by atoms with Crippen molar-refractivity contribution in [1.29, 1.82) is 5.26 Å². The Balaban J connectivity index is 2.09. The van der Waals surface area contributed by atoms with E-state index in [0.29, 0.717) is 11.4 Å². The second-order valence-corrected chi connectivity index (χ2v) is 4.39. The number of rotatable bonds is 1. The molecule has 0 radical (unpaired) electrons. The molecule has 4 nitrogen and oxygen atoms in total. The fourth-order valence-electron chi connectivity index (χ4n) is 2.20. The van der Waals surface area contributed by atoms with E-state index in [2.05, 4.69) is 11.1 Å². The highest BCUT2D eigenvalue weighted by Gasteiger charge is 2.29. The topological polar surface area (TPSA) is 57.0 Å². The molecule has 0 fully saturated rings. The zero-order chi connectivity index (χ0) is 13.9. The van der Waals surface area contributed by atoms with Crippen LogP contribution in [0.1, 0.15) is 15.9 Å². The maximum atomic E-state index is 12.6. The minimum Gasteiger partial charge on any atom is -0.272 e. The molecule has 96 valence electrons. The summed E-state index contributed by atoms with van der Waals surface area (Å²) >= 11 is 0. The largest absolute Gasteiger partial charge is 0.272 e. The van der Waals surface area contributed by atoms with Gasteiger partial charge < -0.3 is 0 Å². The molecule has 1 atom stereocenters. The van der Waals surface area contributed by atoms with Crippen molar-refractivity contribution in [2.24, 2.45) is 0 Å². The van der Waals surface area contributed by atoms with Crippen LogP contribution in [0.2, 0.25) is 0 Å². The van der Waals surface area contributed by atoms with Crippen molar-refractivity contribution >= 4 is 17.8 Å². The number of fused-ring (bicyclic) bond motifs is 1. The van der Waals surface area contributed by atoms with Crippen molar-refractivity contribution in [2.75, 3.05) is 4.90 Å². The van der Waals surface area contributed by atoms with Gasteiger partial charge in [-0.2, -0.15) is 5.26 Å². The third-order valence-electron chi connectivity index (χ3n) is 3.15. The van der Waals surface area contributed by atoms with Crippen LogP contribution in [0.4, 0.5) is 5.82 Å². The number of carbonyl (C=O) groups excluding carboxylic acids is 1. The summed E-state index contributed by atoms with van der Waals surface area (Å²) in [6, 6.07) is 14.1. The lowest BCUT2D eigenvalue weighted by Crippen LogP contribution is -2.41. The first kappa shape index (κ1) is 12.1. The number of nitriles is 1. The third-order valence-corrected chi connectivity index (χ3v) is 3.15. The van der Waals surface area contributed by atoms with Crippen LogP contribution in [-0.2, 0) is 0 Å². The van der Waals surface area contributed by atoms with Gasteiger partial charge in [-0.3, -0.25) is 9.69 Å². The Bertz CT molecular complexity index is 716. The van der Waals surface area contributed by atoms with Crippen LogP contribution in [0.5, 0.6) is 0 Å². The van der Waals surface area contributed by atoms with Gasteiger partial charge in [-0.15, -0.1) is 0 Å². The average Bonchev–Trinajstić information content (AvgIpc) is 2.54. The Labute approximate surface area is 116 Å². The average molecular weight is 261 g/mol. The van der Waals surface area contributed by atoms with Crippen LogP contribution in [0, 0.1) is 11.3 Å². The summed E-state index contributed by atoms with van der Waals surface area (Å²) < 4.78 is 0. The zero-order valence-electron chi connectivity index (χ0n) is 10.6. The standard InChI is InChI=1S/C16H11N3O/c17-11-14-9-8-12-7-4-10-18-15(12)19(14)16(20)13-5-2-1-3-6-13/h1-10,14H. The second-order valence-electron chi connectivity index (χ2n) is 4.39. The summed E-state index contributed by atoms with van der Waals surface area (Å²) in [5, 5.41) is 9.26. The highest BCUT2D eigenvalue weighted by molar-refractivity contribution is 6.08. The summed E-state index contributed by atoms with van der Waals surface area (Å²) in [4.78, 5) is 18.3. The summed E-state index contributed by atoms with van der Waals surface area (Å²) in [5.74, 6) is 0.303. The minimum atomic E-state index is -0.634. The molecule has 0 saturated carbocycles. The molecule has 1 amide bonds. The minimum absolute atomic E-state index is 0.221. The summed E-state index contributed by atoms with van der Waals surface area (Å²) in [6.45, 7) is 0. The number of pyridine rings is 1. The van der Waals surface area contributed by atoms with Gasteiger partial charge in [0.2, 0.25) is 0 Å². The monoisotopic (exact) mass is 261 g/mol. The Hall–Kier alpha value is -2.93. The molecule has 1 aliphatic rings. The Morgan fingerprint density at radius 3 is 2.75 bits per heavy atom. The lowest BCUT2D eigenvalue weighted by molar-refractivity contribution is 0.0984. The van der Waals surface area contributed by atoms with Gasteiger partial charge in [-0.05, 0) is 30.3 Å². The molecule has 2 heterocycles. The molecule has 3 rings (SSSR count). The van der Waals surface area contributed by atoms with Crippen molar-refractivity contribution < 1.29 is 4.79 Å². The molecule has 1 unspecified atom stereocenters. The highest BCUT2D eigenvalue weighted by atomic mass is 16.2. The molecule has 20 heavy (non-hydrogen) atoms. The molecule has 0 bridgehead atoms. The number of carbonyl (C=O) groups is 1. The number of anilines is 1. The maximum absolute atomic E-state index is 12.6. The van der Waals surface area contributed by atoms with Gasteiger partial charge in [-0.25, -0.2) is 4.98 Å². The van der Waals surface area contributed by atoms with E-state index < -0.39 is 6.04 Å². The van der Waals surface area contributed by atoms with E-state index in [4.69, 9.17) is 0 Å². The van der Waals surface area contributed by atoms with Crippen LogP contribution in [0.15, 0.2) is 54.7 Å². The van der Waals surface area contributed by atoms with E-state index in [1.165, 1.54) is 4.90 Å². The molecule has 1 aromatic carbocycles. The molecule has 2 aromatic rings. The smallest absolute Gasteiger partial charge is 0.260 e. The van der Waals surface area contributed by atoms with Gasteiger partial charge in [0.1, 0.15) is 11.9 Å². The molecule has 0 spiro atoms. The predicted molar refractivity (Wildman–Crippen MR) is 75.9 cm³/mol. The third kappa shape index (κ3) is 1.95. The highest BCUT2D eigenvalue weighted by Crippen LogP contribution is 2.27. The maximum Gasteiger partial charge on any atom is 0.260 e. The van der Waals surface area contributed by atoms with Crippen LogP contribution < -0.4 is 4.90 Å². The van der Waals surface area contributed by atoms with Crippen molar-refractivity contribution in [2.45, 2.75) is 6.04 Å². The molecule has 0 aliphatic carbocycles. The van der Waals surface area contributed by atoms with Crippen LogP contribution in [0.25, 0.3) is 6.08 Å². The van der Waals surface area contributed by atoms with Crippen LogP contribution in [0.3, 0.4) is 0 Å². The zero-order valence-corrected chi connectivity index (χ0v) is 10.6. The van der Waals surface area contributed by atoms with Crippen molar-refractivity contribution in [3.05, 3.63) is 65.9 Å². The second kappa shape index (κ2) is 4.98. The Kier molecular flexibility index (Phi) is 3.02. The predicted octanol–water partition coefficient (Wildman–Crippen LogP) is 2.65. The summed E-state index contributed by atoms with van der Waals surface area (Å²) in [6.07, 6.45) is 5.16. The van der Waals surface area contributed by atoms with Gasteiger partial charge in [0, 0.05) is 17.3 Å². The molecule has 1 aromatic heterocycles. The number of hydrogen-bond acceptors (Lipinski definition) is 3. The van der Waals surface area contributed by atoms with E-state index in [1.54, 1.807) is 42.6 Å². The van der Waals surface area contributed by atoms with Gasteiger partial charge in [0.05, 0.1) is 6.07 Å². The summed E-state index contributed by atoms with van der Waals surface area (Å²) in [7, 11) is 0. The lowest BCUT2D eigenvalue weighted by Gasteiger charge is -2.28. The first-order valence-electron chi connectivity index (χ1n) is 6.22. The van der Waals surface area contributed by atoms with Crippen molar-refractivity contribution in [1.82, 2.24) is 4.98 Å². The van der Waals surface area contributed by atoms with Crippen molar-refractivity contribution in [3.63, 3.8) is 0 Å². The molecule has 1 aliphatic heterocycles. The number of benzene rings is 1. The van der Waals surface area contributed by atoms with Crippen molar-refractivity contribution in [3.8, 4) is 6.07 Å². The fraction of sp³-hybridized carbons (Fsp3) is 0.0625. The van der Waals surface area contributed by atoms with Crippen LogP contribution >= 0.6 is 0 Å². The fourth-order valence-corrected chi connectivity index (χ4v) is 2.20. The van der Waals surface area contributed by atoms with E-state index in [0.717, 1.165) is 5.56 Å². The SMILES string of the molecule is N#CC1C=Cc2cccnc2N1C(=O)c1ccccc1. The lowest BCUT2D eigenvalue weighted by atomic mass is 10.1. The van der Waals surface area contributed by atoms with Gasteiger partial charge in [-0.1, -0.05) is 24.3 Å². The van der Waals surface area contributed by atoms with E-state index >= 15 is 0 Å². The first-order valence-corrected chi connectivity index (χ1v) is 6.22. The van der Waals surface area contributed by atoms with Gasteiger partial charge in [0.15, 0.2) is 0 Å². The number of aromatic nitrogens is 1. The van der Waals surface area contributed by atoms with Crippen LogP contribution in [-0.4, -0.2) is 16.9 Å². The Morgan fingerprint density at radius 1 is 1.20 bits per heavy atom. The molecule has 0 N–H and O–H groups in total. The molecule has 0 saturated heterocycles. The normalized spacial score (nSPS) is 16.4. The summed E-state index contributed by atoms with van der Waals surface area (Å²) in [5.41, 5.74) is 1.38. The van der Waals surface area contributed by atoms with E-state index in [9.17, 15) is 10.1 Å². The number of amides is 1. The Morgan fingerprint density at radius 2 is 2.00 bits per heavy atom. The quantitative estimate of drug-likeness (QED) is 0.793. The van der Waals surface area contributed by atoms with E-state index in [1.807, 2.05) is 18.2 Å². The number of hydrogen-bond donors (Lipinski definition) is 0. The van der Waals surface area contributed by atoms with Gasteiger partial charge in [0.25, 0.3) is 5.91 Å².